The maximum atomic E-state index is 13.5. The van der Waals surface area contributed by atoms with Crippen LogP contribution >= 0.6 is 23.2 Å². The highest BCUT2D eigenvalue weighted by atomic mass is 35.5. The number of aromatic nitrogens is 1. The first-order valence-electron chi connectivity index (χ1n) is 11.7. The summed E-state index contributed by atoms with van der Waals surface area (Å²) < 4.78 is 45.8. The normalized spacial score (nSPS) is 12.0. The van der Waals surface area contributed by atoms with Crippen LogP contribution in [-0.2, 0) is 10.9 Å². The first-order chi connectivity index (χ1) is 17.8. The third kappa shape index (κ3) is 6.71. The number of alkyl carbamates (subject to hydrolysis) is 1. The lowest BCUT2D eigenvalue weighted by molar-refractivity contribution is -0.137. The maximum absolute atomic E-state index is 13.5. The fraction of sp³-hybridized carbons (Fsp3) is 0.259. The summed E-state index contributed by atoms with van der Waals surface area (Å²) in [5.74, 6) is 0. The van der Waals surface area contributed by atoms with E-state index in [1.54, 1.807) is 51.1 Å². The molecule has 38 heavy (non-hydrogen) atoms. The minimum absolute atomic E-state index is 0.181. The van der Waals surface area contributed by atoms with Gasteiger partial charge in [0.05, 0.1) is 32.3 Å². The van der Waals surface area contributed by atoms with Crippen molar-refractivity contribution >= 4 is 68.2 Å². The number of hydrogen-bond donors (Lipinski definition) is 3. The van der Waals surface area contributed by atoms with Crippen LogP contribution in [0, 0.1) is 0 Å². The molecule has 11 heteroatoms. The van der Waals surface area contributed by atoms with Gasteiger partial charge in [-0.15, -0.1) is 0 Å². The summed E-state index contributed by atoms with van der Waals surface area (Å²) in [7, 11) is 0. The number of hydrogen-bond acceptors (Lipinski definition) is 5. The van der Waals surface area contributed by atoms with E-state index in [1.807, 2.05) is 6.07 Å². The van der Waals surface area contributed by atoms with Crippen LogP contribution in [-0.4, -0.2) is 29.8 Å². The molecular weight excluding hydrogens is 540 g/mol. The molecule has 0 atom stereocenters. The Labute approximate surface area is 227 Å². The number of carbonyl (C=O) groups excluding carboxylic acids is 1. The van der Waals surface area contributed by atoms with E-state index >= 15 is 0 Å². The molecule has 200 valence electrons. The van der Waals surface area contributed by atoms with Gasteiger partial charge in [-0.3, -0.25) is 0 Å². The van der Waals surface area contributed by atoms with Gasteiger partial charge in [-0.05, 0) is 75.4 Å². The van der Waals surface area contributed by atoms with E-state index < -0.39 is 23.4 Å². The fourth-order valence-corrected chi connectivity index (χ4v) is 4.09. The second-order valence-corrected chi connectivity index (χ2v) is 10.4. The molecule has 3 N–H and O–H groups in total. The topological polar surface area (TPSA) is 75.3 Å². The fourth-order valence-electron chi connectivity index (χ4n) is 3.79. The summed E-state index contributed by atoms with van der Waals surface area (Å²) in [5.41, 5.74) is 1.35. The van der Waals surface area contributed by atoms with Crippen LogP contribution in [0.3, 0.4) is 0 Å². The average molecular weight is 565 g/mol. The zero-order chi connectivity index (χ0) is 27.7. The smallest absolute Gasteiger partial charge is 0.416 e. The number of benzene rings is 3. The number of nitrogens with one attached hydrogen (secondary N) is 3. The lowest BCUT2D eigenvalue weighted by Gasteiger charge is -2.20. The number of anilines is 3. The standard InChI is InChI=1S/C27H25Cl2F3N4O2/c1-26(2,3)38-25(37)34-11-10-33-24-18-12-15(27(30,31)32)4-8-22(18)36-23-9-6-16(13-19(23)24)35-17-5-7-20(28)21(29)14-17/h4-9,12-14,35H,10-11H2,1-3H3,(H,33,36)(H,34,37). The Bertz CT molecular complexity index is 1500. The van der Waals surface area contributed by atoms with Gasteiger partial charge in [0.2, 0.25) is 0 Å². The summed E-state index contributed by atoms with van der Waals surface area (Å²) >= 11 is 12.1. The molecule has 0 bridgehead atoms. The summed E-state index contributed by atoms with van der Waals surface area (Å²) in [6.45, 7) is 5.67. The molecule has 0 saturated heterocycles. The second kappa shape index (κ2) is 10.7. The Morgan fingerprint density at radius 1 is 0.868 bits per heavy atom. The van der Waals surface area contributed by atoms with Crippen LogP contribution in [0.2, 0.25) is 10.0 Å². The van der Waals surface area contributed by atoms with Gasteiger partial charge in [0.25, 0.3) is 0 Å². The molecule has 3 aromatic carbocycles. The number of fused-ring (bicyclic) bond motifs is 2. The van der Waals surface area contributed by atoms with Crippen molar-refractivity contribution in [2.75, 3.05) is 23.7 Å². The largest absolute Gasteiger partial charge is 0.444 e. The van der Waals surface area contributed by atoms with Gasteiger partial charge in [-0.1, -0.05) is 23.2 Å². The lowest BCUT2D eigenvalue weighted by Crippen LogP contribution is -2.35. The molecule has 1 heterocycles. The monoisotopic (exact) mass is 564 g/mol. The summed E-state index contributed by atoms with van der Waals surface area (Å²) in [5, 5.41) is 10.8. The van der Waals surface area contributed by atoms with Crippen molar-refractivity contribution < 1.29 is 22.7 Å². The molecule has 0 spiro atoms. The predicted octanol–water partition coefficient (Wildman–Crippen LogP) is 8.39. The number of halogens is 5. The second-order valence-electron chi connectivity index (χ2n) is 9.56. The molecule has 0 saturated carbocycles. The van der Waals surface area contributed by atoms with E-state index in [4.69, 9.17) is 27.9 Å². The zero-order valence-electron chi connectivity index (χ0n) is 20.8. The van der Waals surface area contributed by atoms with Crippen molar-refractivity contribution in [2.24, 2.45) is 0 Å². The van der Waals surface area contributed by atoms with E-state index in [0.717, 1.165) is 12.1 Å². The number of rotatable bonds is 6. The third-order valence-electron chi connectivity index (χ3n) is 5.40. The molecule has 4 aromatic rings. The van der Waals surface area contributed by atoms with Crippen LogP contribution < -0.4 is 16.0 Å². The van der Waals surface area contributed by atoms with Crippen LogP contribution in [0.4, 0.5) is 35.0 Å². The Hall–Kier alpha value is -3.43. The highest BCUT2D eigenvalue weighted by Crippen LogP contribution is 2.37. The van der Waals surface area contributed by atoms with E-state index in [9.17, 15) is 18.0 Å². The quantitative estimate of drug-likeness (QED) is 0.162. The van der Waals surface area contributed by atoms with Crippen molar-refractivity contribution in [3.63, 3.8) is 0 Å². The minimum Gasteiger partial charge on any atom is -0.444 e. The Morgan fingerprint density at radius 3 is 2.16 bits per heavy atom. The molecule has 1 amide bonds. The molecule has 0 aliphatic heterocycles. The van der Waals surface area contributed by atoms with E-state index in [0.29, 0.717) is 48.9 Å². The van der Waals surface area contributed by atoms with Crippen molar-refractivity contribution in [2.45, 2.75) is 32.5 Å². The van der Waals surface area contributed by atoms with Gasteiger partial charge in [0.1, 0.15) is 5.60 Å². The summed E-state index contributed by atoms with van der Waals surface area (Å²) in [4.78, 5) is 16.6. The molecule has 0 aliphatic carbocycles. The molecule has 4 rings (SSSR count). The number of ether oxygens (including phenoxy) is 1. The van der Waals surface area contributed by atoms with Crippen LogP contribution in [0.5, 0.6) is 0 Å². The zero-order valence-corrected chi connectivity index (χ0v) is 22.3. The first-order valence-corrected chi connectivity index (χ1v) is 12.4. The highest BCUT2D eigenvalue weighted by molar-refractivity contribution is 6.42. The van der Waals surface area contributed by atoms with Crippen molar-refractivity contribution in [1.82, 2.24) is 10.3 Å². The third-order valence-corrected chi connectivity index (χ3v) is 6.14. The molecule has 0 radical (unpaired) electrons. The number of pyridine rings is 1. The molecule has 0 unspecified atom stereocenters. The number of carbonyl (C=O) groups is 1. The summed E-state index contributed by atoms with van der Waals surface area (Å²) in [6, 6.07) is 13.9. The molecule has 1 aromatic heterocycles. The van der Waals surface area contributed by atoms with Gasteiger partial charge in [-0.2, -0.15) is 13.2 Å². The van der Waals surface area contributed by atoms with Crippen molar-refractivity contribution in [1.29, 1.82) is 0 Å². The predicted molar refractivity (Wildman–Crippen MR) is 147 cm³/mol. The summed E-state index contributed by atoms with van der Waals surface area (Å²) in [6.07, 6.45) is -5.10. The Balaban J connectivity index is 1.70. The van der Waals surface area contributed by atoms with Gasteiger partial charge in [-0.25, -0.2) is 9.78 Å². The van der Waals surface area contributed by atoms with Crippen LogP contribution in [0.25, 0.3) is 21.8 Å². The average Bonchev–Trinajstić information content (AvgIpc) is 2.81. The van der Waals surface area contributed by atoms with E-state index in [-0.39, 0.29) is 13.1 Å². The van der Waals surface area contributed by atoms with Crippen LogP contribution in [0.15, 0.2) is 54.6 Å². The van der Waals surface area contributed by atoms with Gasteiger partial charge >= 0.3 is 12.3 Å². The highest BCUT2D eigenvalue weighted by Gasteiger charge is 2.31. The maximum Gasteiger partial charge on any atom is 0.416 e. The van der Waals surface area contributed by atoms with E-state index in [2.05, 4.69) is 20.9 Å². The Morgan fingerprint density at radius 2 is 1.50 bits per heavy atom. The van der Waals surface area contributed by atoms with E-state index in [1.165, 1.54) is 6.07 Å². The lowest BCUT2D eigenvalue weighted by atomic mass is 10.0. The molecule has 0 fully saturated rings. The number of nitrogens with zero attached hydrogens (tertiary/aromatic N) is 1. The van der Waals surface area contributed by atoms with Gasteiger partial charge < -0.3 is 20.7 Å². The molecular formula is C27H25Cl2F3N4O2. The number of alkyl halides is 3. The van der Waals surface area contributed by atoms with Gasteiger partial charge in [0.15, 0.2) is 0 Å². The molecule has 6 nitrogen and oxygen atoms in total. The van der Waals surface area contributed by atoms with Crippen molar-refractivity contribution in [3.05, 3.63) is 70.2 Å². The van der Waals surface area contributed by atoms with Gasteiger partial charge in [0, 0.05) is 35.2 Å². The SMILES string of the molecule is CC(C)(C)OC(=O)NCCNc1c2cc(Nc3ccc(Cl)c(Cl)c3)ccc2nc2ccc(C(F)(F)F)cc12. The molecule has 0 aliphatic rings. The first kappa shape index (κ1) is 27.6. The Kier molecular flexibility index (Phi) is 7.80. The minimum atomic E-state index is -4.52. The van der Waals surface area contributed by atoms with Crippen molar-refractivity contribution in [3.8, 4) is 0 Å². The van der Waals surface area contributed by atoms with Crippen LogP contribution in [0.1, 0.15) is 26.3 Å². The number of amides is 1.